The topological polar surface area (TPSA) is 75.3 Å². The number of hydrogen-bond acceptors (Lipinski definition) is 5. The number of nitrogens with zero attached hydrogens (tertiary/aromatic N) is 1. The molecule has 2 saturated heterocycles. The van der Waals surface area contributed by atoms with E-state index < -0.39 is 11.6 Å². The third-order valence-electron chi connectivity index (χ3n) is 5.94. The molecule has 0 radical (unpaired) electrons. The first-order valence-corrected chi connectivity index (χ1v) is 11.2. The van der Waals surface area contributed by atoms with Crippen molar-refractivity contribution in [1.29, 1.82) is 0 Å². The van der Waals surface area contributed by atoms with Crippen LogP contribution >= 0.6 is 11.6 Å². The van der Waals surface area contributed by atoms with E-state index in [1.54, 1.807) is 6.07 Å². The van der Waals surface area contributed by atoms with Crippen LogP contribution in [0, 0.1) is 5.92 Å². The minimum absolute atomic E-state index is 0.0140. The first kappa shape index (κ1) is 22.0. The number of anilines is 2. The van der Waals surface area contributed by atoms with Gasteiger partial charge in [-0.3, -0.25) is 4.79 Å². The van der Waals surface area contributed by atoms with Crippen molar-refractivity contribution in [2.45, 2.75) is 31.4 Å². The summed E-state index contributed by atoms with van der Waals surface area (Å²) in [6.07, 6.45) is 4.44. The van der Waals surface area contributed by atoms with E-state index in [-0.39, 0.29) is 18.8 Å². The third kappa shape index (κ3) is 5.53. The number of pyridine rings is 1. The fourth-order valence-corrected chi connectivity index (χ4v) is 4.24. The summed E-state index contributed by atoms with van der Waals surface area (Å²) in [5, 5.41) is 9.52. The molecule has 0 unspecified atom stereocenters. The highest BCUT2D eigenvalue weighted by Gasteiger charge is 2.40. The summed E-state index contributed by atoms with van der Waals surface area (Å²) in [4.78, 5) is 16.7. The quantitative estimate of drug-likeness (QED) is 0.617. The van der Waals surface area contributed by atoms with Crippen molar-refractivity contribution in [2.75, 3.05) is 43.5 Å². The molecule has 3 N–H and O–H groups in total. The van der Waals surface area contributed by atoms with Crippen LogP contribution in [0.4, 0.5) is 15.9 Å². The Morgan fingerprint density at radius 1 is 1.32 bits per heavy atom. The number of carbonyl (C=O) groups is 1. The molecule has 1 aromatic heterocycles. The molecule has 2 fully saturated rings. The Balaban J connectivity index is 1.47. The van der Waals surface area contributed by atoms with Gasteiger partial charge >= 0.3 is 0 Å². The largest absolute Gasteiger partial charge is 0.385 e. The molecule has 3 heterocycles. The second-order valence-corrected chi connectivity index (χ2v) is 8.67. The van der Waals surface area contributed by atoms with Crippen LogP contribution in [0.5, 0.6) is 0 Å². The summed E-state index contributed by atoms with van der Waals surface area (Å²) in [6, 6.07) is 9.64. The number of rotatable bonds is 6. The minimum atomic E-state index is -1.92. The SMILES string of the molecule is O=C(Nc1cc(-c2cccc(NCC3CCOCC3)c2)c(Cl)cn1)[C@@]1(F)CCCNC1. The van der Waals surface area contributed by atoms with Crippen LogP contribution < -0.4 is 16.0 Å². The molecule has 8 heteroatoms. The Bertz CT molecular complexity index is 914. The standard InChI is InChI=1S/C23H28ClFN4O2/c24-20-14-28-21(29-22(30)23(25)7-2-8-26-15-23)12-19(20)17-3-1-4-18(11-17)27-13-16-5-9-31-10-6-16/h1,3-4,11-12,14,16,26-27H,2,5-10,13,15H2,(H,28,29,30)/t23-/m1/s1. The number of hydrogen-bond donors (Lipinski definition) is 3. The molecule has 2 aliphatic rings. The van der Waals surface area contributed by atoms with Gasteiger partial charge in [-0.2, -0.15) is 0 Å². The molecule has 0 spiro atoms. The van der Waals surface area contributed by atoms with Gasteiger partial charge in [-0.1, -0.05) is 23.7 Å². The number of nitrogens with one attached hydrogen (secondary N) is 3. The van der Waals surface area contributed by atoms with Gasteiger partial charge in [-0.15, -0.1) is 0 Å². The average molecular weight is 447 g/mol. The number of halogens is 2. The van der Waals surface area contributed by atoms with Crippen molar-refractivity contribution in [1.82, 2.24) is 10.3 Å². The normalized spacial score (nSPS) is 22.1. The first-order valence-electron chi connectivity index (χ1n) is 10.8. The van der Waals surface area contributed by atoms with Gasteiger partial charge in [0.25, 0.3) is 5.91 Å². The lowest BCUT2D eigenvalue weighted by Gasteiger charge is -2.28. The monoisotopic (exact) mass is 446 g/mol. The van der Waals surface area contributed by atoms with Gasteiger partial charge in [0.2, 0.25) is 5.67 Å². The number of piperidine rings is 1. The smallest absolute Gasteiger partial charge is 0.264 e. The molecule has 0 saturated carbocycles. The molecule has 1 aromatic carbocycles. The molecule has 2 aliphatic heterocycles. The number of aromatic nitrogens is 1. The summed E-state index contributed by atoms with van der Waals surface area (Å²) in [6.45, 7) is 3.28. The second kappa shape index (κ2) is 9.94. The maximum absolute atomic E-state index is 14.9. The molecular weight excluding hydrogens is 419 g/mol. The van der Waals surface area contributed by atoms with E-state index in [4.69, 9.17) is 16.3 Å². The van der Waals surface area contributed by atoms with Crippen molar-refractivity contribution in [3.8, 4) is 11.1 Å². The zero-order chi connectivity index (χ0) is 21.7. The number of benzene rings is 1. The molecular formula is C23H28ClFN4O2. The molecule has 0 bridgehead atoms. The lowest BCUT2D eigenvalue weighted by molar-refractivity contribution is -0.128. The van der Waals surface area contributed by atoms with Crippen LogP contribution in [0.1, 0.15) is 25.7 Å². The summed E-state index contributed by atoms with van der Waals surface area (Å²) in [5.41, 5.74) is 0.706. The Morgan fingerprint density at radius 2 is 2.16 bits per heavy atom. The van der Waals surface area contributed by atoms with Crippen molar-refractivity contribution >= 4 is 29.0 Å². The molecule has 31 heavy (non-hydrogen) atoms. The van der Waals surface area contributed by atoms with Gasteiger partial charge < -0.3 is 20.7 Å². The highest BCUT2D eigenvalue weighted by molar-refractivity contribution is 6.33. The van der Waals surface area contributed by atoms with Crippen LogP contribution in [-0.2, 0) is 9.53 Å². The first-order chi connectivity index (χ1) is 15.0. The van der Waals surface area contributed by atoms with Crippen LogP contribution in [0.25, 0.3) is 11.1 Å². The predicted octanol–water partition coefficient (Wildman–Crippen LogP) is 4.27. The lowest BCUT2D eigenvalue weighted by Crippen LogP contribution is -2.50. The molecule has 0 aliphatic carbocycles. The zero-order valence-electron chi connectivity index (χ0n) is 17.4. The molecule has 166 valence electrons. The van der Waals surface area contributed by atoms with Gasteiger partial charge in [0.1, 0.15) is 5.82 Å². The summed E-state index contributed by atoms with van der Waals surface area (Å²) < 4.78 is 20.3. The summed E-state index contributed by atoms with van der Waals surface area (Å²) in [7, 11) is 0. The van der Waals surface area contributed by atoms with E-state index in [2.05, 4.69) is 20.9 Å². The van der Waals surface area contributed by atoms with Crippen molar-refractivity contribution in [3.63, 3.8) is 0 Å². The zero-order valence-corrected chi connectivity index (χ0v) is 18.2. The van der Waals surface area contributed by atoms with Crippen LogP contribution in [0.2, 0.25) is 5.02 Å². The van der Waals surface area contributed by atoms with E-state index in [9.17, 15) is 9.18 Å². The second-order valence-electron chi connectivity index (χ2n) is 8.27. The van der Waals surface area contributed by atoms with E-state index in [0.717, 1.165) is 56.0 Å². The van der Waals surface area contributed by atoms with E-state index in [0.29, 0.717) is 17.4 Å². The van der Waals surface area contributed by atoms with E-state index >= 15 is 0 Å². The van der Waals surface area contributed by atoms with Crippen molar-refractivity contribution in [3.05, 3.63) is 41.6 Å². The predicted molar refractivity (Wildman–Crippen MR) is 121 cm³/mol. The average Bonchev–Trinajstić information content (AvgIpc) is 2.80. The van der Waals surface area contributed by atoms with Crippen LogP contribution in [0.15, 0.2) is 36.5 Å². The van der Waals surface area contributed by atoms with Gasteiger partial charge in [0.05, 0.1) is 5.02 Å². The van der Waals surface area contributed by atoms with E-state index in [1.165, 1.54) is 6.20 Å². The minimum Gasteiger partial charge on any atom is -0.385 e. The van der Waals surface area contributed by atoms with Gasteiger partial charge in [0, 0.05) is 43.8 Å². The van der Waals surface area contributed by atoms with Gasteiger partial charge in [-0.25, -0.2) is 9.37 Å². The fraction of sp³-hybridized carbons (Fsp3) is 0.478. The lowest BCUT2D eigenvalue weighted by atomic mass is 9.95. The van der Waals surface area contributed by atoms with Gasteiger partial charge in [0.15, 0.2) is 0 Å². The number of ether oxygens (including phenoxy) is 1. The molecule has 2 aromatic rings. The number of amides is 1. The van der Waals surface area contributed by atoms with Gasteiger partial charge in [-0.05, 0) is 61.9 Å². The summed E-state index contributed by atoms with van der Waals surface area (Å²) in [5.74, 6) is 0.214. The third-order valence-corrected chi connectivity index (χ3v) is 6.25. The number of alkyl halides is 1. The fourth-order valence-electron chi connectivity index (χ4n) is 4.03. The molecule has 6 nitrogen and oxygen atoms in total. The highest BCUT2D eigenvalue weighted by Crippen LogP contribution is 2.32. The van der Waals surface area contributed by atoms with Crippen LogP contribution in [-0.4, -0.2) is 49.4 Å². The maximum atomic E-state index is 14.9. The Labute approximate surface area is 186 Å². The molecule has 4 rings (SSSR count). The van der Waals surface area contributed by atoms with E-state index in [1.807, 2.05) is 24.3 Å². The Hall–Kier alpha value is -2.22. The van der Waals surface area contributed by atoms with Crippen molar-refractivity contribution in [2.24, 2.45) is 5.92 Å². The maximum Gasteiger partial charge on any atom is 0.264 e. The van der Waals surface area contributed by atoms with Crippen LogP contribution in [0.3, 0.4) is 0 Å². The summed E-state index contributed by atoms with van der Waals surface area (Å²) >= 11 is 6.40. The Morgan fingerprint density at radius 3 is 2.94 bits per heavy atom. The molecule has 1 atom stereocenters. The number of carbonyl (C=O) groups excluding carboxylic acids is 1. The highest BCUT2D eigenvalue weighted by atomic mass is 35.5. The molecule has 1 amide bonds. The van der Waals surface area contributed by atoms with Crippen molar-refractivity contribution < 1.29 is 13.9 Å². The Kier molecular flexibility index (Phi) is 7.05.